The number of aromatic nitrogens is 6. The maximum atomic E-state index is 15.6. The van der Waals surface area contributed by atoms with Crippen molar-refractivity contribution in [2.45, 2.75) is 6.92 Å². The highest BCUT2D eigenvalue weighted by atomic mass is 19.1. The number of alkyl halides is 1. The summed E-state index contributed by atoms with van der Waals surface area (Å²) in [5.41, 5.74) is 3.16. The van der Waals surface area contributed by atoms with E-state index >= 15 is 4.39 Å². The molecule has 1 amide bonds. The average Bonchev–Trinajstić information content (AvgIpc) is 3.43. The van der Waals surface area contributed by atoms with Gasteiger partial charge in [-0.1, -0.05) is 5.21 Å². The molecule has 1 fully saturated rings. The molecule has 0 aliphatic carbocycles. The standard InChI is InChI=1S/C30H30F2N9O2.C2H6O/c1-19-25(43-20-6-9-24-23(17-20)37-38-39(24)2)10-7-21(28(19)32)35-30-29-22(33-18-34-30)8-11-26(36-29)40-13-15-41(3,16-14-40)27(42)5-4-12-31;1-3-2/h4-11,17-18H,12-16H2,1-3H3,(H,33,34,35);1-2H3/q+1;/b5-4+;. The predicted octanol–water partition coefficient (Wildman–Crippen LogP) is 4.87. The fraction of sp³-hybridized carbons (Fsp3) is 0.312. The zero-order valence-corrected chi connectivity index (χ0v) is 26.4. The molecule has 6 rings (SSSR count). The molecule has 240 valence electrons. The predicted molar refractivity (Wildman–Crippen MR) is 172 cm³/mol. The maximum absolute atomic E-state index is 15.6. The molecule has 2 aromatic carbocycles. The summed E-state index contributed by atoms with van der Waals surface area (Å²) in [6, 6.07) is 12.4. The molecule has 5 aromatic rings. The first-order chi connectivity index (χ1) is 22.2. The number of methoxy groups -OCH3 is 1. The fourth-order valence-electron chi connectivity index (χ4n) is 5.09. The molecule has 0 bridgehead atoms. The van der Waals surface area contributed by atoms with E-state index in [2.05, 4.69) is 35.2 Å². The monoisotopic (exact) mass is 632 g/mol. The number of nitrogens with zero attached hydrogens (tertiary/aromatic N) is 8. The third-order valence-electron chi connectivity index (χ3n) is 7.80. The van der Waals surface area contributed by atoms with Crippen LogP contribution < -0.4 is 15.0 Å². The van der Waals surface area contributed by atoms with Gasteiger partial charge in [-0.2, -0.15) is 0 Å². The summed E-state index contributed by atoms with van der Waals surface area (Å²) < 4.78 is 40.2. The van der Waals surface area contributed by atoms with Gasteiger partial charge >= 0.3 is 5.91 Å². The lowest BCUT2D eigenvalue weighted by molar-refractivity contribution is -0.832. The van der Waals surface area contributed by atoms with Crippen LogP contribution in [0.25, 0.3) is 22.1 Å². The maximum Gasteiger partial charge on any atom is 0.338 e. The Labute approximate surface area is 264 Å². The van der Waals surface area contributed by atoms with Crippen molar-refractivity contribution < 1.29 is 27.5 Å². The number of allylic oxidation sites excluding steroid dienone is 1. The minimum atomic E-state index is -0.667. The van der Waals surface area contributed by atoms with E-state index in [0.717, 1.165) is 5.52 Å². The number of fused-ring (bicyclic) bond motifs is 2. The number of piperazine rings is 1. The molecule has 0 spiro atoms. The number of nitrogens with one attached hydrogen (secondary N) is 1. The Balaban J connectivity index is 0.00000134. The number of likely N-dealkylation sites (N-methyl/N-ethyl adjacent to an activating group) is 1. The third-order valence-corrected chi connectivity index (χ3v) is 7.80. The molecule has 0 atom stereocenters. The van der Waals surface area contributed by atoms with Crippen LogP contribution in [0.2, 0.25) is 0 Å². The van der Waals surface area contributed by atoms with Crippen molar-refractivity contribution in [2.75, 3.05) is 64.3 Å². The van der Waals surface area contributed by atoms with E-state index in [-0.39, 0.29) is 16.1 Å². The van der Waals surface area contributed by atoms with E-state index < -0.39 is 12.5 Å². The molecule has 1 saturated heterocycles. The van der Waals surface area contributed by atoms with Crippen LogP contribution in [0.3, 0.4) is 0 Å². The Kier molecular flexibility index (Phi) is 9.78. The highest BCUT2D eigenvalue weighted by Crippen LogP contribution is 2.33. The van der Waals surface area contributed by atoms with Crippen molar-refractivity contribution in [1.29, 1.82) is 0 Å². The van der Waals surface area contributed by atoms with Crippen molar-refractivity contribution in [3.63, 3.8) is 0 Å². The highest BCUT2D eigenvalue weighted by Gasteiger charge is 2.35. The Hall–Kier alpha value is -5.08. The lowest BCUT2D eigenvalue weighted by Crippen LogP contribution is -2.60. The summed E-state index contributed by atoms with van der Waals surface area (Å²) in [6.07, 6.45) is 3.96. The third kappa shape index (κ3) is 6.77. The minimum Gasteiger partial charge on any atom is -0.457 e. The number of rotatable bonds is 7. The summed E-state index contributed by atoms with van der Waals surface area (Å²) in [7, 11) is 6.91. The number of aryl methyl sites for hydroxylation is 1. The van der Waals surface area contributed by atoms with Gasteiger partial charge in [0, 0.05) is 39.0 Å². The zero-order valence-electron chi connectivity index (χ0n) is 26.4. The first kappa shape index (κ1) is 32.3. The average molecular weight is 633 g/mol. The molecular weight excluding hydrogens is 596 g/mol. The second kappa shape index (κ2) is 13.9. The van der Waals surface area contributed by atoms with E-state index in [4.69, 9.17) is 9.72 Å². The van der Waals surface area contributed by atoms with Gasteiger partial charge in [0.2, 0.25) is 0 Å². The van der Waals surface area contributed by atoms with Crippen LogP contribution in [0, 0.1) is 12.7 Å². The second-order valence-electron chi connectivity index (χ2n) is 11.0. The quantitative estimate of drug-likeness (QED) is 0.197. The summed E-state index contributed by atoms with van der Waals surface area (Å²) in [4.78, 5) is 28.1. The van der Waals surface area contributed by atoms with E-state index in [1.54, 1.807) is 50.1 Å². The molecule has 1 aliphatic heterocycles. The highest BCUT2D eigenvalue weighted by molar-refractivity contribution is 5.88. The SMILES string of the molecule is COC.Cc1c(Oc2ccc3c(c2)nnn3C)ccc(Nc2ncnc3ccc(N4CC[N+](C)(C(=O)/C=C/CF)CC4)nc23)c1F. The second-order valence-corrected chi connectivity index (χ2v) is 11.0. The van der Waals surface area contributed by atoms with E-state index in [1.165, 1.54) is 18.5 Å². The van der Waals surface area contributed by atoms with Gasteiger partial charge in [-0.05, 0) is 49.4 Å². The molecular formula is C32H36F2N9O3+. The molecule has 0 saturated carbocycles. The first-order valence-corrected chi connectivity index (χ1v) is 14.6. The Morgan fingerprint density at radius 3 is 2.59 bits per heavy atom. The summed E-state index contributed by atoms with van der Waals surface area (Å²) in [5, 5.41) is 11.2. The van der Waals surface area contributed by atoms with E-state index in [1.807, 2.05) is 32.3 Å². The molecule has 46 heavy (non-hydrogen) atoms. The molecule has 14 heteroatoms. The van der Waals surface area contributed by atoms with Gasteiger partial charge in [-0.3, -0.25) is 4.48 Å². The van der Waals surface area contributed by atoms with Crippen molar-refractivity contribution in [1.82, 2.24) is 29.9 Å². The van der Waals surface area contributed by atoms with Crippen LogP contribution in [0.4, 0.5) is 26.1 Å². The number of halogens is 2. The Morgan fingerprint density at radius 1 is 1.09 bits per heavy atom. The number of anilines is 3. The number of hydrogen-bond donors (Lipinski definition) is 1. The topological polar surface area (TPSA) is 120 Å². The number of ether oxygens (including phenoxy) is 2. The largest absolute Gasteiger partial charge is 0.457 e. The van der Waals surface area contributed by atoms with Gasteiger partial charge in [-0.25, -0.2) is 33.2 Å². The normalized spacial score (nSPS) is 14.4. The Bertz CT molecular complexity index is 1890. The van der Waals surface area contributed by atoms with Gasteiger partial charge in [0.1, 0.15) is 54.4 Å². The van der Waals surface area contributed by atoms with E-state index in [0.29, 0.717) is 71.4 Å². The molecule has 4 heterocycles. The lowest BCUT2D eigenvalue weighted by Gasteiger charge is -2.39. The first-order valence-electron chi connectivity index (χ1n) is 14.6. The van der Waals surface area contributed by atoms with Crippen LogP contribution >= 0.6 is 0 Å². The molecule has 0 unspecified atom stereocenters. The van der Waals surface area contributed by atoms with Crippen LogP contribution in [0.1, 0.15) is 5.56 Å². The van der Waals surface area contributed by atoms with Gasteiger partial charge in [0.25, 0.3) is 0 Å². The van der Waals surface area contributed by atoms with Crippen LogP contribution in [0.15, 0.2) is 60.9 Å². The summed E-state index contributed by atoms with van der Waals surface area (Å²) in [5.74, 6) is 1.34. The van der Waals surface area contributed by atoms with Crippen LogP contribution in [0.5, 0.6) is 11.5 Å². The van der Waals surface area contributed by atoms with Crippen molar-refractivity contribution in [3.05, 3.63) is 72.3 Å². The van der Waals surface area contributed by atoms with Crippen LogP contribution in [-0.4, -0.2) is 94.5 Å². The van der Waals surface area contributed by atoms with Crippen molar-refractivity contribution in [2.24, 2.45) is 7.05 Å². The number of amides is 1. The van der Waals surface area contributed by atoms with Crippen molar-refractivity contribution >= 4 is 45.3 Å². The van der Waals surface area contributed by atoms with Gasteiger partial charge in [0.15, 0.2) is 11.6 Å². The summed E-state index contributed by atoms with van der Waals surface area (Å²) >= 11 is 0. The Morgan fingerprint density at radius 2 is 1.85 bits per heavy atom. The van der Waals surface area contributed by atoms with Gasteiger partial charge in [0.05, 0.1) is 36.9 Å². The number of pyridine rings is 1. The zero-order chi connectivity index (χ0) is 32.8. The smallest absolute Gasteiger partial charge is 0.338 e. The molecule has 0 radical (unpaired) electrons. The molecule has 3 aromatic heterocycles. The fourth-order valence-corrected chi connectivity index (χ4v) is 5.09. The van der Waals surface area contributed by atoms with Crippen LogP contribution in [-0.2, 0) is 16.6 Å². The number of hydrogen-bond acceptors (Lipinski definition) is 10. The molecule has 12 nitrogen and oxygen atoms in total. The number of quaternary nitrogens is 1. The van der Waals surface area contributed by atoms with E-state index in [9.17, 15) is 9.18 Å². The van der Waals surface area contributed by atoms with Gasteiger partial charge < -0.3 is 19.7 Å². The minimum absolute atomic E-state index is 0.121. The van der Waals surface area contributed by atoms with Gasteiger partial charge in [-0.15, -0.1) is 5.10 Å². The summed E-state index contributed by atoms with van der Waals surface area (Å²) in [6.45, 7) is 3.25. The molecule has 1 aliphatic rings. The lowest BCUT2D eigenvalue weighted by atomic mass is 10.1. The number of benzene rings is 2. The van der Waals surface area contributed by atoms with Crippen molar-refractivity contribution in [3.8, 4) is 11.5 Å². The number of carbonyl (C=O) groups is 1. The number of carbonyl (C=O) groups excluding carboxylic acids is 1. The molecule has 1 N–H and O–H groups in total.